The van der Waals surface area contributed by atoms with Gasteiger partial charge in [0.05, 0.1) is 22.3 Å². The normalized spacial score (nSPS) is 14.7. The van der Waals surface area contributed by atoms with Gasteiger partial charge >= 0.3 is 0 Å². The molecule has 6 nitrogen and oxygen atoms in total. The smallest absolute Gasteiger partial charge is 0.293 e. The van der Waals surface area contributed by atoms with Crippen LogP contribution in [0.2, 0.25) is 0 Å². The van der Waals surface area contributed by atoms with Gasteiger partial charge in [0.25, 0.3) is 6.47 Å². The van der Waals surface area contributed by atoms with Crippen molar-refractivity contribution >= 4 is 16.3 Å². The average Bonchev–Trinajstić information content (AvgIpc) is 2.43. The number of nitrogens with zero attached hydrogens (tertiary/aromatic N) is 1. The predicted octanol–water partition coefficient (Wildman–Crippen LogP) is 1.51. The van der Waals surface area contributed by atoms with Crippen molar-refractivity contribution in [2.24, 2.45) is 5.92 Å². The van der Waals surface area contributed by atoms with Crippen molar-refractivity contribution in [2.75, 3.05) is 18.8 Å². The highest BCUT2D eigenvalue weighted by Gasteiger charge is 2.25. The molecule has 1 heterocycles. The van der Waals surface area contributed by atoms with E-state index in [1.807, 2.05) is 26.8 Å². The van der Waals surface area contributed by atoms with Crippen molar-refractivity contribution in [2.45, 2.75) is 31.3 Å². The van der Waals surface area contributed by atoms with Crippen LogP contribution < -0.4 is 5.32 Å². The molecular weight excluding hydrogens is 316 g/mol. The first-order valence-electron chi connectivity index (χ1n) is 7.23. The van der Waals surface area contributed by atoms with Gasteiger partial charge in [-0.2, -0.15) is 5.26 Å². The number of nitrogens with one attached hydrogen (secondary N) is 1. The molecule has 1 aliphatic heterocycles. The number of hydrogen-bond acceptors (Lipinski definition) is 6. The van der Waals surface area contributed by atoms with Crippen LogP contribution in [0.15, 0.2) is 29.2 Å². The molecule has 1 fully saturated rings. The minimum absolute atomic E-state index is 0.186. The summed E-state index contributed by atoms with van der Waals surface area (Å²) in [5, 5.41) is 11.7. The summed E-state index contributed by atoms with van der Waals surface area (Å²) in [5.74, 6) is 0.409. The average molecular weight is 338 g/mol. The molecule has 23 heavy (non-hydrogen) atoms. The van der Waals surface area contributed by atoms with Gasteiger partial charge in [-0.05, 0) is 51.0 Å². The maximum absolute atomic E-state index is 11.9. The Morgan fingerprint density at radius 1 is 1.30 bits per heavy atom. The number of ether oxygens (including phenoxy) is 1. The second-order valence-electron chi connectivity index (χ2n) is 6.27. The van der Waals surface area contributed by atoms with Gasteiger partial charge in [-0.15, -0.1) is 0 Å². The number of nitriles is 1. The van der Waals surface area contributed by atoms with E-state index in [2.05, 4.69) is 10.1 Å². The summed E-state index contributed by atoms with van der Waals surface area (Å²) in [6.07, 6.45) is 0. The van der Waals surface area contributed by atoms with Crippen LogP contribution in [0.4, 0.5) is 0 Å². The summed E-state index contributed by atoms with van der Waals surface area (Å²) >= 11 is 0. The van der Waals surface area contributed by atoms with Crippen LogP contribution in [0.5, 0.6) is 0 Å². The minimum Gasteiger partial charge on any atom is -0.462 e. The highest BCUT2D eigenvalue weighted by Crippen LogP contribution is 2.16. The van der Waals surface area contributed by atoms with Gasteiger partial charge < -0.3 is 10.1 Å². The molecule has 2 rings (SSSR count). The largest absolute Gasteiger partial charge is 0.462 e. The van der Waals surface area contributed by atoms with Crippen LogP contribution in [0.3, 0.4) is 0 Å². The molecule has 0 aromatic heterocycles. The minimum atomic E-state index is -3.19. The Labute approximate surface area is 137 Å². The van der Waals surface area contributed by atoms with E-state index in [0.717, 1.165) is 13.1 Å². The van der Waals surface area contributed by atoms with Crippen molar-refractivity contribution in [3.8, 4) is 6.07 Å². The number of rotatable bonds is 4. The fourth-order valence-electron chi connectivity index (χ4n) is 1.75. The van der Waals surface area contributed by atoms with Crippen LogP contribution in [-0.2, 0) is 19.4 Å². The Morgan fingerprint density at radius 2 is 1.87 bits per heavy atom. The Kier molecular flexibility index (Phi) is 6.73. The molecule has 0 amide bonds. The molecule has 0 spiro atoms. The molecule has 1 aromatic carbocycles. The topological polar surface area (TPSA) is 96.3 Å². The number of carbonyl (C=O) groups excluding carboxylic acids is 1. The van der Waals surface area contributed by atoms with Gasteiger partial charge in [0, 0.05) is 13.1 Å². The summed E-state index contributed by atoms with van der Waals surface area (Å²) in [6, 6.07) is 8.03. The zero-order chi connectivity index (χ0) is 17.5. The predicted molar refractivity (Wildman–Crippen MR) is 86.5 cm³/mol. The third-order valence-corrected chi connectivity index (χ3v) is 4.97. The van der Waals surface area contributed by atoms with E-state index in [1.165, 1.54) is 24.3 Å². The monoisotopic (exact) mass is 338 g/mol. The highest BCUT2D eigenvalue weighted by molar-refractivity contribution is 7.91. The quantitative estimate of drug-likeness (QED) is 0.836. The fraction of sp³-hybridized carbons (Fsp3) is 0.500. The number of sulfone groups is 1. The highest BCUT2D eigenvalue weighted by atomic mass is 32.2. The SMILES string of the molecule is CC(C)(C)OC=O.N#Cc1ccc(S(=O)(=O)CC2CNC2)cc1. The third kappa shape index (κ3) is 6.80. The Bertz CT molecular complexity index is 651. The number of carbonyl (C=O) groups is 1. The van der Waals surface area contributed by atoms with E-state index in [4.69, 9.17) is 5.26 Å². The number of hydrogen-bond donors (Lipinski definition) is 1. The van der Waals surface area contributed by atoms with Crippen LogP contribution in [0, 0.1) is 17.2 Å². The van der Waals surface area contributed by atoms with Crippen molar-refractivity contribution in [3.05, 3.63) is 29.8 Å². The maximum atomic E-state index is 11.9. The summed E-state index contributed by atoms with van der Waals surface area (Å²) in [4.78, 5) is 9.90. The Hall–Kier alpha value is -1.91. The summed E-state index contributed by atoms with van der Waals surface area (Å²) in [7, 11) is -3.19. The molecule has 1 N–H and O–H groups in total. The zero-order valence-corrected chi connectivity index (χ0v) is 14.4. The van der Waals surface area contributed by atoms with Crippen LogP contribution in [0.1, 0.15) is 26.3 Å². The Morgan fingerprint density at radius 3 is 2.17 bits per heavy atom. The van der Waals surface area contributed by atoms with E-state index in [0.29, 0.717) is 16.9 Å². The summed E-state index contributed by atoms with van der Waals surface area (Å²) in [6.45, 7) is 7.47. The Balaban J connectivity index is 0.000000322. The lowest BCUT2D eigenvalue weighted by atomic mass is 10.1. The van der Waals surface area contributed by atoms with Crippen molar-refractivity contribution < 1.29 is 17.9 Å². The fourth-order valence-corrected chi connectivity index (χ4v) is 3.35. The maximum Gasteiger partial charge on any atom is 0.293 e. The molecule has 0 bridgehead atoms. The molecule has 126 valence electrons. The number of benzene rings is 1. The molecule has 1 aliphatic rings. The lowest BCUT2D eigenvalue weighted by Gasteiger charge is -2.26. The molecule has 0 atom stereocenters. The van der Waals surface area contributed by atoms with Gasteiger partial charge in [-0.25, -0.2) is 8.42 Å². The van der Waals surface area contributed by atoms with E-state index in [1.54, 1.807) is 0 Å². The molecule has 0 radical (unpaired) electrons. The van der Waals surface area contributed by atoms with Gasteiger partial charge in [0.1, 0.15) is 5.60 Å². The van der Waals surface area contributed by atoms with E-state index in [-0.39, 0.29) is 17.3 Å². The molecule has 0 unspecified atom stereocenters. The van der Waals surface area contributed by atoms with E-state index >= 15 is 0 Å². The van der Waals surface area contributed by atoms with Crippen LogP contribution in [0.25, 0.3) is 0 Å². The first-order chi connectivity index (χ1) is 10.7. The van der Waals surface area contributed by atoms with Gasteiger partial charge in [0.2, 0.25) is 0 Å². The van der Waals surface area contributed by atoms with Gasteiger partial charge in [0.15, 0.2) is 9.84 Å². The van der Waals surface area contributed by atoms with Crippen molar-refractivity contribution in [1.82, 2.24) is 5.32 Å². The van der Waals surface area contributed by atoms with Gasteiger partial charge in [-0.3, -0.25) is 4.79 Å². The van der Waals surface area contributed by atoms with Crippen LogP contribution in [-0.4, -0.2) is 39.3 Å². The first-order valence-corrected chi connectivity index (χ1v) is 8.88. The molecule has 1 saturated heterocycles. The van der Waals surface area contributed by atoms with Gasteiger partial charge in [-0.1, -0.05) is 0 Å². The standard InChI is InChI=1S/C11H12N2O2S.C5H10O2/c12-5-9-1-3-11(4-2-9)16(14,15)8-10-6-13-7-10;1-5(2,3)7-4-6/h1-4,10,13H,6-8H2;4H,1-3H3. The van der Waals surface area contributed by atoms with E-state index in [9.17, 15) is 13.2 Å². The summed E-state index contributed by atoms with van der Waals surface area (Å²) < 4.78 is 28.4. The molecule has 0 saturated carbocycles. The first kappa shape index (κ1) is 19.1. The molecule has 1 aromatic rings. The van der Waals surface area contributed by atoms with Crippen molar-refractivity contribution in [1.29, 1.82) is 5.26 Å². The second kappa shape index (κ2) is 8.09. The molecule has 7 heteroatoms. The lowest BCUT2D eigenvalue weighted by Crippen LogP contribution is -2.45. The van der Waals surface area contributed by atoms with Crippen molar-refractivity contribution in [3.63, 3.8) is 0 Å². The molecule has 0 aliphatic carbocycles. The second-order valence-corrected chi connectivity index (χ2v) is 8.30. The van der Waals surface area contributed by atoms with E-state index < -0.39 is 9.84 Å². The molecular formula is C16H22N2O4S. The zero-order valence-electron chi connectivity index (χ0n) is 13.6. The van der Waals surface area contributed by atoms with Crippen LogP contribution >= 0.6 is 0 Å². The summed E-state index contributed by atoms with van der Waals surface area (Å²) in [5.41, 5.74) is 0.158. The lowest BCUT2D eigenvalue weighted by molar-refractivity contribution is -0.138. The third-order valence-electron chi connectivity index (χ3n) is 3.07.